The van der Waals surface area contributed by atoms with E-state index in [9.17, 15) is 4.39 Å². The van der Waals surface area contributed by atoms with Gasteiger partial charge in [-0.2, -0.15) is 0 Å². The molecular weight excluding hydrogens is 241 g/mol. The molecule has 0 amide bonds. The molecule has 0 aliphatic heterocycles. The summed E-state index contributed by atoms with van der Waals surface area (Å²) in [5, 5.41) is 3.20. The molecule has 0 heterocycles. The lowest BCUT2D eigenvalue weighted by Crippen LogP contribution is -2.45. The molecule has 2 nitrogen and oxygen atoms in total. The van der Waals surface area contributed by atoms with Crippen LogP contribution >= 0.6 is 11.6 Å². The van der Waals surface area contributed by atoms with Crippen molar-refractivity contribution in [2.75, 3.05) is 7.11 Å². The summed E-state index contributed by atoms with van der Waals surface area (Å²) in [4.78, 5) is 0. The summed E-state index contributed by atoms with van der Waals surface area (Å²) >= 11 is 6.05. The minimum absolute atomic E-state index is 0.0381. The van der Waals surface area contributed by atoms with Gasteiger partial charge in [-0.25, -0.2) is 4.39 Å². The zero-order chi connectivity index (χ0) is 13.1. The molecule has 0 saturated carbocycles. The fourth-order valence-corrected chi connectivity index (χ4v) is 1.34. The van der Waals surface area contributed by atoms with Crippen LogP contribution in [0, 0.1) is 5.82 Å². The third-order valence-corrected chi connectivity index (χ3v) is 3.53. The van der Waals surface area contributed by atoms with Crippen LogP contribution in [-0.4, -0.2) is 18.0 Å². The van der Waals surface area contributed by atoms with Crippen molar-refractivity contribution in [3.63, 3.8) is 0 Å². The van der Waals surface area contributed by atoms with Crippen LogP contribution in [0.4, 0.5) is 4.39 Å². The number of ether oxygens (including phenoxy) is 1. The van der Waals surface area contributed by atoms with Gasteiger partial charge in [-0.3, -0.25) is 0 Å². The van der Waals surface area contributed by atoms with E-state index in [1.165, 1.54) is 13.2 Å². The first kappa shape index (κ1) is 14.3. The molecule has 1 aromatic rings. The van der Waals surface area contributed by atoms with Crippen molar-refractivity contribution in [1.29, 1.82) is 0 Å². The van der Waals surface area contributed by atoms with Gasteiger partial charge in [0.05, 0.1) is 7.11 Å². The fraction of sp³-hybridized carbons (Fsp3) is 0.538. The van der Waals surface area contributed by atoms with Crippen LogP contribution in [0.1, 0.15) is 26.3 Å². The van der Waals surface area contributed by atoms with Crippen molar-refractivity contribution < 1.29 is 9.13 Å². The largest absolute Gasteiger partial charge is 0.497 e. The van der Waals surface area contributed by atoms with Crippen molar-refractivity contribution in [2.45, 2.75) is 38.2 Å². The number of benzene rings is 1. The van der Waals surface area contributed by atoms with Crippen molar-refractivity contribution in [3.05, 3.63) is 29.6 Å². The second kappa shape index (κ2) is 5.69. The average molecular weight is 260 g/mol. The Morgan fingerprint density at radius 3 is 2.59 bits per heavy atom. The van der Waals surface area contributed by atoms with Crippen molar-refractivity contribution in [2.24, 2.45) is 0 Å². The zero-order valence-electron chi connectivity index (χ0n) is 10.7. The van der Waals surface area contributed by atoms with E-state index in [2.05, 4.69) is 5.32 Å². The standard InChI is InChI=1S/C13H19ClFNO/c1-9(14)13(2,3)16-8-10-5-6-11(17-4)7-12(10)15/h5-7,9,16H,8H2,1-4H3. The smallest absolute Gasteiger partial charge is 0.131 e. The molecule has 0 aromatic heterocycles. The predicted molar refractivity (Wildman–Crippen MR) is 69.2 cm³/mol. The lowest BCUT2D eigenvalue weighted by molar-refractivity contribution is 0.375. The van der Waals surface area contributed by atoms with Gasteiger partial charge in [0.15, 0.2) is 0 Å². The fourth-order valence-electron chi connectivity index (χ4n) is 1.26. The van der Waals surface area contributed by atoms with Crippen LogP contribution in [0.3, 0.4) is 0 Å². The summed E-state index contributed by atoms with van der Waals surface area (Å²) in [6.45, 7) is 6.34. The molecule has 0 fully saturated rings. The number of hydrogen-bond donors (Lipinski definition) is 1. The lowest BCUT2D eigenvalue weighted by atomic mass is 10.0. The Balaban J connectivity index is 2.70. The van der Waals surface area contributed by atoms with Crippen LogP contribution in [-0.2, 0) is 6.54 Å². The molecule has 1 aromatic carbocycles. The Kier molecular flexibility index (Phi) is 4.78. The third kappa shape index (κ3) is 3.86. The number of hydrogen-bond acceptors (Lipinski definition) is 2. The number of alkyl halides is 1. The third-order valence-electron chi connectivity index (χ3n) is 2.99. The Hall–Kier alpha value is -0.800. The topological polar surface area (TPSA) is 21.3 Å². The summed E-state index contributed by atoms with van der Waals surface area (Å²) in [7, 11) is 1.52. The van der Waals surface area contributed by atoms with Crippen LogP contribution in [0.5, 0.6) is 5.75 Å². The second-order valence-corrected chi connectivity index (χ2v) is 5.30. The van der Waals surface area contributed by atoms with Crippen LogP contribution < -0.4 is 10.1 Å². The summed E-state index contributed by atoms with van der Waals surface area (Å²) in [6, 6.07) is 4.85. The molecule has 0 saturated heterocycles. The van der Waals surface area contributed by atoms with Gasteiger partial charge in [-0.1, -0.05) is 6.07 Å². The summed E-state index contributed by atoms with van der Waals surface area (Å²) in [5.74, 6) is 0.256. The minimum atomic E-state index is -0.269. The van der Waals surface area contributed by atoms with E-state index < -0.39 is 0 Å². The van der Waals surface area contributed by atoms with Gasteiger partial charge in [0, 0.05) is 29.1 Å². The zero-order valence-corrected chi connectivity index (χ0v) is 11.4. The van der Waals surface area contributed by atoms with Crippen molar-refractivity contribution >= 4 is 11.6 Å². The Labute approximate surface area is 107 Å². The van der Waals surface area contributed by atoms with Crippen LogP contribution in [0.15, 0.2) is 18.2 Å². The summed E-state index contributed by atoms with van der Waals surface area (Å²) in [5.41, 5.74) is 0.365. The maximum Gasteiger partial charge on any atom is 0.131 e. The first-order valence-corrected chi connectivity index (χ1v) is 6.02. The predicted octanol–water partition coefficient (Wildman–Crippen LogP) is 3.33. The van der Waals surface area contributed by atoms with Gasteiger partial charge < -0.3 is 10.1 Å². The van der Waals surface area contributed by atoms with E-state index in [0.717, 1.165) is 0 Å². The maximum atomic E-state index is 13.7. The Morgan fingerprint density at radius 2 is 2.12 bits per heavy atom. The average Bonchev–Trinajstić information content (AvgIpc) is 2.27. The lowest BCUT2D eigenvalue weighted by Gasteiger charge is -2.29. The summed E-state index contributed by atoms with van der Waals surface area (Å²) in [6.07, 6.45) is 0. The molecule has 0 aliphatic carbocycles. The molecule has 0 spiro atoms. The van der Waals surface area contributed by atoms with Gasteiger partial charge in [0.2, 0.25) is 0 Å². The van der Waals surface area contributed by atoms with Crippen molar-refractivity contribution in [3.8, 4) is 5.75 Å². The number of rotatable bonds is 5. The van der Waals surface area contributed by atoms with Gasteiger partial charge in [-0.05, 0) is 26.8 Å². The quantitative estimate of drug-likeness (QED) is 0.819. The minimum Gasteiger partial charge on any atom is -0.497 e. The van der Waals surface area contributed by atoms with Crippen molar-refractivity contribution in [1.82, 2.24) is 5.32 Å². The van der Waals surface area contributed by atoms with E-state index >= 15 is 0 Å². The molecule has 1 rings (SSSR count). The normalized spacial score (nSPS) is 13.5. The molecule has 0 radical (unpaired) electrons. The Bertz CT molecular complexity index is 380. The highest BCUT2D eigenvalue weighted by molar-refractivity contribution is 6.21. The second-order valence-electron chi connectivity index (χ2n) is 4.65. The number of halogens is 2. The van der Waals surface area contributed by atoms with E-state index in [1.807, 2.05) is 20.8 Å². The highest BCUT2D eigenvalue weighted by Crippen LogP contribution is 2.19. The van der Waals surface area contributed by atoms with Gasteiger partial charge in [0.1, 0.15) is 11.6 Å². The van der Waals surface area contributed by atoms with Gasteiger partial charge in [0.25, 0.3) is 0 Å². The SMILES string of the molecule is COc1ccc(CNC(C)(C)C(C)Cl)c(F)c1. The number of nitrogens with one attached hydrogen (secondary N) is 1. The highest BCUT2D eigenvalue weighted by Gasteiger charge is 2.23. The monoisotopic (exact) mass is 259 g/mol. The molecule has 0 aliphatic rings. The first-order valence-electron chi connectivity index (χ1n) is 5.58. The van der Waals surface area contributed by atoms with Gasteiger partial charge in [-0.15, -0.1) is 11.6 Å². The van der Waals surface area contributed by atoms with E-state index in [4.69, 9.17) is 16.3 Å². The summed E-state index contributed by atoms with van der Waals surface area (Å²) < 4.78 is 18.6. The maximum absolute atomic E-state index is 13.7. The highest BCUT2D eigenvalue weighted by atomic mass is 35.5. The van der Waals surface area contributed by atoms with Gasteiger partial charge >= 0.3 is 0 Å². The van der Waals surface area contributed by atoms with E-state index in [0.29, 0.717) is 17.9 Å². The van der Waals surface area contributed by atoms with E-state index in [1.54, 1.807) is 12.1 Å². The molecular formula is C13H19ClFNO. The van der Waals surface area contributed by atoms with Crippen LogP contribution in [0.25, 0.3) is 0 Å². The van der Waals surface area contributed by atoms with Crippen LogP contribution in [0.2, 0.25) is 0 Å². The molecule has 96 valence electrons. The number of methoxy groups -OCH3 is 1. The molecule has 1 N–H and O–H groups in total. The molecule has 1 unspecified atom stereocenters. The first-order chi connectivity index (χ1) is 7.86. The molecule has 17 heavy (non-hydrogen) atoms. The molecule has 4 heteroatoms. The molecule has 0 bridgehead atoms. The van der Waals surface area contributed by atoms with E-state index in [-0.39, 0.29) is 16.7 Å². The Morgan fingerprint density at radius 1 is 1.47 bits per heavy atom. The molecule has 1 atom stereocenters.